The van der Waals surface area contributed by atoms with Crippen LogP contribution in [0.25, 0.3) is 0 Å². The third-order valence-corrected chi connectivity index (χ3v) is 3.68. The van der Waals surface area contributed by atoms with Crippen molar-refractivity contribution in [2.75, 3.05) is 33.3 Å². The Morgan fingerprint density at radius 1 is 1.36 bits per heavy atom. The van der Waals surface area contributed by atoms with E-state index in [1.165, 1.54) is 6.07 Å². The summed E-state index contributed by atoms with van der Waals surface area (Å²) in [4.78, 5) is 2.38. The predicted octanol–water partition coefficient (Wildman–Crippen LogP) is 3.59. The lowest BCUT2D eigenvalue weighted by Gasteiger charge is -2.36. The second kappa shape index (κ2) is 10.1. The molecule has 1 aliphatic heterocycles. The molecule has 0 aliphatic carbocycles. The zero-order chi connectivity index (χ0) is 14.5. The molecule has 0 amide bonds. The number of rotatable bonds is 5. The molecule has 1 aliphatic rings. The van der Waals surface area contributed by atoms with E-state index in [-0.39, 0.29) is 36.7 Å². The lowest BCUT2D eigenvalue weighted by molar-refractivity contribution is 0.169. The lowest BCUT2D eigenvalue weighted by atomic mass is 9.97. The first-order chi connectivity index (χ1) is 9.61. The van der Waals surface area contributed by atoms with Gasteiger partial charge in [-0.1, -0.05) is 5.57 Å². The predicted molar refractivity (Wildman–Crippen MR) is 94.1 cm³/mol. The number of hydrogen-bond donors (Lipinski definition) is 1. The van der Waals surface area contributed by atoms with Crippen LogP contribution >= 0.6 is 24.8 Å². The first-order valence-electron chi connectivity index (χ1n) is 7.04. The van der Waals surface area contributed by atoms with E-state index in [0.717, 1.165) is 49.5 Å². The molecule has 0 radical (unpaired) electrons. The summed E-state index contributed by atoms with van der Waals surface area (Å²) >= 11 is 0. The zero-order valence-electron chi connectivity index (χ0n) is 13.1. The number of nitrogens with one attached hydrogen (secondary N) is 1. The number of nitrogens with zero attached hydrogens (tertiary/aromatic N) is 1. The van der Waals surface area contributed by atoms with Crippen LogP contribution in [0.5, 0.6) is 5.75 Å². The number of ether oxygens (including phenoxy) is 1. The molecule has 1 aromatic rings. The van der Waals surface area contributed by atoms with Crippen LogP contribution in [0.2, 0.25) is 0 Å². The van der Waals surface area contributed by atoms with Crippen molar-refractivity contribution in [1.82, 2.24) is 10.2 Å². The van der Waals surface area contributed by atoms with Gasteiger partial charge in [0.2, 0.25) is 0 Å². The Morgan fingerprint density at radius 2 is 2.00 bits per heavy atom. The van der Waals surface area contributed by atoms with Gasteiger partial charge in [-0.15, -0.1) is 31.4 Å². The molecule has 6 heteroatoms. The van der Waals surface area contributed by atoms with Crippen molar-refractivity contribution in [3.63, 3.8) is 0 Å². The van der Waals surface area contributed by atoms with Gasteiger partial charge in [-0.05, 0) is 31.5 Å². The normalized spacial score (nSPS) is 16.1. The van der Waals surface area contributed by atoms with Gasteiger partial charge in [-0.25, -0.2) is 4.39 Å². The van der Waals surface area contributed by atoms with Gasteiger partial charge in [0.05, 0.1) is 7.11 Å². The maximum absolute atomic E-state index is 13.6. The molecule has 0 unspecified atom stereocenters. The third-order valence-electron chi connectivity index (χ3n) is 3.68. The van der Waals surface area contributed by atoms with Gasteiger partial charge in [0.15, 0.2) is 0 Å². The van der Waals surface area contributed by atoms with E-state index in [1.807, 2.05) is 6.92 Å². The Balaban J connectivity index is 0.00000220. The number of methoxy groups -OCH3 is 1. The molecular weight excluding hydrogens is 326 g/mol. The summed E-state index contributed by atoms with van der Waals surface area (Å²) < 4.78 is 19.1. The van der Waals surface area contributed by atoms with Crippen LogP contribution in [-0.4, -0.2) is 38.2 Å². The van der Waals surface area contributed by atoms with Crippen molar-refractivity contribution in [2.45, 2.75) is 19.4 Å². The van der Waals surface area contributed by atoms with Gasteiger partial charge >= 0.3 is 0 Å². The molecule has 126 valence electrons. The van der Waals surface area contributed by atoms with Crippen LogP contribution < -0.4 is 10.1 Å². The Labute approximate surface area is 144 Å². The van der Waals surface area contributed by atoms with Crippen molar-refractivity contribution in [2.24, 2.45) is 0 Å². The molecule has 0 bridgehead atoms. The van der Waals surface area contributed by atoms with Crippen molar-refractivity contribution in [3.05, 3.63) is 41.7 Å². The number of benzene rings is 1. The third kappa shape index (κ3) is 5.43. The lowest BCUT2D eigenvalue weighted by Crippen LogP contribution is -2.45. The van der Waals surface area contributed by atoms with Crippen molar-refractivity contribution < 1.29 is 9.13 Å². The van der Waals surface area contributed by atoms with E-state index in [0.29, 0.717) is 0 Å². The van der Waals surface area contributed by atoms with Crippen molar-refractivity contribution >= 4 is 24.8 Å². The molecule has 0 spiro atoms. The Morgan fingerprint density at radius 3 is 2.55 bits per heavy atom. The summed E-state index contributed by atoms with van der Waals surface area (Å²) in [7, 11) is 1.63. The van der Waals surface area contributed by atoms with E-state index in [9.17, 15) is 4.39 Å². The molecule has 1 heterocycles. The van der Waals surface area contributed by atoms with Crippen LogP contribution in [0.1, 0.15) is 24.9 Å². The van der Waals surface area contributed by atoms with Crippen LogP contribution in [0.3, 0.4) is 0 Å². The minimum Gasteiger partial charge on any atom is -0.496 e. The number of halogens is 3. The summed E-state index contributed by atoms with van der Waals surface area (Å²) in [6, 6.07) is 4.87. The SMILES string of the molecule is C=C(C)C[C@H](c1cc(F)ccc1OC)N1CCNCC1.Cl.Cl. The molecular formula is C16H25Cl2FN2O. The summed E-state index contributed by atoms with van der Waals surface area (Å²) in [5.74, 6) is 0.527. The highest BCUT2D eigenvalue weighted by atomic mass is 35.5. The molecule has 1 N–H and O–H groups in total. The standard InChI is InChI=1S/C16H23FN2O.2ClH/c1-12(2)10-15(19-8-6-18-7-9-19)14-11-13(17)4-5-16(14)20-3;;/h4-5,11,15,18H,1,6-10H2,2-3H3;2*1H/t15-;;/m1../s1. The summed E-state index contributed by atoms with van der Waals surface area (Å²) in [6.07, 6.45) is 0.819. The molecule has 0 aromatic heterocycles. The largest absolute Gasteiger partial charge is 0.496 e. The average Bonchev–Trinajstić information content (AvgIpc) is 2.45. The minimum atomic E-state index is -0.220. The van der Waals surface area contributed by atoms with Crippen LogP contribution in [0.4, 0.5) is 4.39 Å². The van der Waals surface area contributed by atoms with Gasteiger partial charge in [0.25, 0.3) is 0 Å². The number of piperazine rings is 1. The average molecular weight is 351 g/mol. The number of hydrogen-bond acceptors (Lipinski definition) is 3. The van der Waals surface area contributed by atoms with E-state index in [4.69, 9.17) is 4.74 Å². The Bertz CT molecular complexity index is 479. The first-order valence-corrected chi connectivity index (χ1v) is 7.04. The highest BCUT2D eigenvalue weighted by molar-refractivity contribution is 5.85. The van der Waals surface area contributed by atoms with Gasteiger partial charge in [-0.2, -0.15) is 0 Å². The maximum Gasteiger partial charge on any atom is 0.123 e. The molecule has 1 aromatic carbocycles. The second-order valence-corrected chi connectivity index (χ2v) is 5.35. The molecule has 1 saturated heterocycles. The molecule has 2 rings (SSSR count). The Kier molecular flexibility index (Phi) is 9.69. The summed E-state index contributed by atoms with van der Waals surface area (Å²) in [5, 5.41) is 3.34. The fourth-order valence-corrected chi connectivity index (χ4v) is 2.73. The highest BCUT2D eigenvalue weighted by Crippen LogP contribution is 2.34. The maximum atomic E-state index is 13.6. The van der Waals surface area contributed by atoms with E-state index >= 15 is 0 Å². The van der Waals surface area contributed by atoms with Gasteiger partial charge in [-0.3, -0.25) is 4.90 Å². The smallest absolute Gasteiger partial charge is 0.123 e. The van der Waals surface area contributed by atoms with Gasteiger partial charge in [0.1, 0.15) is 11.6 Å². The molecule has 0 saturated carbocycles. The summed E-state index contributed by atoms with van der Waals surface area (Å²) in [5.41, 5.74) is 2.01. The second-order valence-electron chi connectivity index (χ2n) is 5.35. The zero-order valence-corrected chi connectivity index (χ0v) is 14.7. The first kappa shape index (κ1) is 21.2. The Hall–Kier alpha value is -0.810. The molecule has 22 heavy (non-hydrogen) atoms. The van der Waals surface area contributed by atoms with E-state index in [1.54, 1.807) is 19.2 Å². The van der Waals surface area contributed by atoms with Crippen molar-refractivity contribution in [3.8, 4) is 5.75 Å². The monoisotopic (exact) mass is 350 g/mol. The van der Waals surface area contributed by atoms with Gasteiger partial charge < -0.3 is 10.1 Å². The van der Waals surface area contributed by atoms with Crippen molar-refractivity contribution in [1.29, 1.82) is 0 Å². The van der Waals surface area contributed by atoms with Crippen LogP contribution in [-0.2, 0) is 0 Å². The van der Waals surface area contributed by atoms with Crippen LogP contribution in [0, 0.1) is 5.82 Å². The molecule has 1 atom stereocenters. The van der Waals surface area contributed by atoms with E-state index < -0.39 is 0 Å². The molecule has 3 nitrogen and oxygen atoms in total. The van der Waals surface area contributed by atoms with E-state index in [2.05, 4.69) is 16.8 Å². The highest BCUT2D eigenvalue weighted by Gasteiger charge is 2.25. The minimum absolute atomic E-state index is 0. The topological polar surface area (TPSA) is 24.5 Å². The van der Waals surface area contributed by atoms with Crippen LogP contribution in [0.15, 0.2) is 30.4 Å². The fourth-order valence-electron chi connectivity index (χ4n) is 2.73. The quantitative estimate of drug-likeness (QED) is 0.821. The van der Waals surface area contributed by atoms with Gasteiger partial charge in [0, 0.05) is 37.8 Å². The fraction of sp³-hybridized carbons (Fsp3) is 0.500. The summed E-state index contributed by atoms with van der Waals surface area (Å²) in [6.45, 7) is 9.87. The molecule has 1 fully saturated rings.